The summed E-state index contributed by atoms with van der Waals surface area (Å²) in [4.78, 5) is 17.5. The summed E-state index contributed by atoms with van der Waals surface area (Å²) in [7, 11) is 0. The summed E-state index contributed by atoms with van der Waals surface area (Å²) in [6.07, 6.45) is 3.25. The predicted molar refractivity (Wildman–Crippen MR) is 152 cm³/mol. The lowest BCUT2D eigenvalue weighted by atomic mass is 9.74. The number of primary amides is 1. The second kappa shape index (κ2) is 10.9. The molecular formula is C30H34F2N4OS. The van der Waals surface area contributed by atoms with Crippen molar-refractivity contribution >= 4 is 39.9 Å². The number of piperazine rings is 1. The van der Waals surface area contributed by atoms with Gasteiger partial charge >= 0.3 is 0 Å². The van der Waals surface area contributed by atoms with Gasteiger partial charge in [-0.15, -0.1) is 11.3 Å². The van der Waals surface area contributed by atoms with Crippen LogP contribution in [0, 0.1) is 17.0 Å². The number of nitrogens with one attached hydrogen (secondary N) is 1. The molecule has 0 radical (unpaired) electrons. The van der Waals surface area contributed by atoms with E-state index in [1.165, 1.54) is 28.2 Å². The molecule has 38 heavy (non-hydrogen) atoms. The van der Waals surface area contributed by atoms with Crippen LogP contribution in [0.15, 0.2) is 59.5 Å². The molecule has 0 spiro atoms. The second-order valence-corrected chi connectivity index (χ2v) is 12.0. The summed E-state index contributed by atoms with van der Waals surface area (Å²) < 4.78 is 27.5. The summed E-state index contributed by atoms with van der Waals surface area (Å²) in [6.45, 7) is 9.41. The number of carbonyl (C=O) groups is 1. The van der Waals surface area contributed by atoms with Gasteiger partial charge in [0, 0.05) is 66.0 Å². The molecule has 2 heterocycles. The lowest BCUT2D eigenvalue weighted by molar-refractivity contribution is 0.100. The van der Waals surface area contributed by atoms with Crippen molar-refractivity contribution in [3.05, 3.63) is 81.6 Å². The van der Waals surface area contributed by atoms with E-state index >= 15 is 0 Å². The molecule has 1 aliphatic carbocycles. The first-order chi connectivity index (χ1) is 18.2. The third-order valence-corrected chi connectivity index (χ3v) is 8.59. The van der Waals surface area contributed by atoms with Gasteiger partial charge in [-0.1, -0.05) is 19.4 Å². The van der Waals surface area contributed by atoms with Crippen molar-refractivity contribution in [2.24, 2.45) is 11.1 Å². The Balaban J connectivity index is 1.28. The number of allylic oxidation sites excluding steroid dienone is 1. The Morgan fingerprint density at radius 1 is 1.05 bits per heavy atom. The van der Waals surface area contributed by atoms with E-state index in [9.17, 15) is 13.6 Å². The normalized spacial score (nSPS) is 18.1. The number of halogens is 2. The molecule has 1 amide bonds. The van der Waals surface area contributed by atoms with E-state index in [0.717, 1.165) is 69.4 Å². The minimum Gasteiger partial charge on any atom is -0.369 e. The fraction of sp³-hybridized carbons (Fsp3) is 0.367. The molecule has 2 aliphatic rings. The molecule has 0 saturated carbocycles. The second-order valence-electron chi connectivity index (χ2n) is 11.0. The Hall–Kier alpha value is -3.23. The first-order valence-electron chi connectivity index (χ1n) is 13.1. The highest BCUT2D eigenvalue weighted by Crippen LogP contribution is 2.45. The molecule has 3 N–H and O–H groups in total. The fourth-order valence-electron chi connectivity index (χ4n) is 5.34. The third-order valence-electron chi connectivity index (χ3n) is 7.60. The van der Waals surface area contributed by atoms with E-state index in [1.54, 1.807) is 23.5 Å². The Morgan fingerprint density at radius 3 is 2.47 bits per heavy atom. The number of carbonyl (C=O) groups excluding carboxylic acids is 1. The van der Waals surface area contributed by atoms with Crippen molar-refractivity contribution in [2.75, 3.05) is 42.9 Å². The smallest absolute Gasteiger partial charge is 0.248 e. The maximum Gasteiger partial charge on any atom is 0.248 e. The largest absolute Gasteiger partial charge is 0.369 e. The maximum absolute atomic E-state index is 14.2. The molecule has 1 aliphatic heterocycles. The number of nitrogens with two attached hydrogens (primary N) is 1. The molecule has 1 saturated heterocycles. The van der Waals surface area contributed by atoms with E-state index < -0.39 is 17.5 Å². The van der Waals surface area contributed by atoms with Crippen molar-refractivity contribution in [1.29, 1.82) is 0 Å². The predicted octanol–water partition coefficient (Wildman–Crippen LogP) is 6.65. The SMILES string of the molecule is CC1(C)CCC(CN2CCN(c3ccc(C(N)=O)cc3)CC2)=C(c2cc(Nc3ccc(F)cc3F)cs2)C1. The van der Waals surface area contributed by atoms with Crippen molar-refractivity contribution in [3.63, 3.8) is 0 Å². The topological polar surface area (TPSA) is 61.6 Å². The van der Waals surface area contributed by atoms with Gasteiger partial charge in [0.2, 0.25) is 5.91 Å². The van der Waals surface area contributed by atoms with Crippen LogP contribution in [0.2, 0.25) is 0 Å². The monoisotopic (exact) mass is 536 g/mol. The van der Waals surface area contributed by atoms with Gasteiger partial charge in [-0.3, -0.25) is 9.69 Å². The zero-order chi connectivity index (χ0) is 26.9. The van der Waals surface area contributed by atoms with Crippen LogP contribution < -0.4 is 16.0 Å². The van der Waals surface area contributed by atoms with Crippen molar-refractivity contribution in [1.82, 2.24) is 4.90 Å². The summed E-state index contributed by atoms with van der Waals surface area (Å²) in [6, 6.07) is 13.2. The zero-order valence-corrected chi connectivity index (χ0v) is 22.7. The molecule has 5 nitrogen and oxygen atoms in total. The molecule has 8 heteroatoms. The lowest BCUT2D eigenvalue weighted by Crippen LogP contribution is -2.47. The molecule has 1 aromatic heterocycles. The molecular weight excluding hydrogens is 502 g/mol. The van der Waals surface area contributed by atoms with Crippen LogP contribution in [-0.2, 0) is 0 Å². The molecule has 0 unspecified atom stereocenters. The van der Waals surface area contributed by atoms with Gasteiger partial charge in [-0.2, -0.15) is 0 Å². The number of amides is 1. The summed E-state index contributed by atoms with van der Waals surface area (Å²) in [5.74, 6) is -1.59. The standard InChI is InChI=1S/C30H34F2N4OS/c1-30(2)10-9-21(18-35-11-13-36(14-12-35)24-6-3-20(4-7-24)29(33)37)25(17-30)28-16-23(19-38-28)34-27-8-5-22(31)15-26(27)32/h3-8,15-16,19,34H,9-14,17-18H2,1-2H3,(H2,33,37). The van der Waals surface area contributed by atoms with Gasteiger partial charge in [0.1, 0.15) is 11.6 Å². The maximum atomic E-state index is 14.2. The van der Waals surface area contributed by atoms with E-state index in [2.05, 4.69) is 35.0 Å². The van der Waals surface area contributed by atoms with Crippen LogP contribution >= 0.6 is 11.3 Å². The highest BCUT2D eigenvalue weighted by molar-refractivity contribution is 7.11. The number of nitrogens with zero attached hydrogens (tertiary/aromatic N) is 2. The van der Waals surface area contributed by atoms with Crippen molar-refractivity contribution in [3.8, 4) is 0 Å². The molecule has 0 atom stereocenters. The minimum absolute atomic E-state index is 0.231. The Bertz CT molecular complexity index is 1340. The number of hydrogen-bond donors (Lipinski definition) is 2. The summed E-state index contributed by atoms with van der Waals surface area (Å²) >= 11 is 1.68. The fourth-order valence-corrected chi connectivity index (χ4v) is 6.28. The molecule has 5 rings (SSSR count). The van der Waals surface area contributed by atoms with Gasteiger partial charge in [-0.05, 0) is 72.7 Å². The molecule has 1 fully saturated rings. The van der Waals surface area contributed by atoms with Crippen LogP contribution in [0.25, 0.3) is 5.57 Å². The van der Waals surface area contributed by atoms with Gasteiger partial charge in [0.05, 0.1) is 5.69 Å². The highest BCUT2D eigenvalue weighted by atomic mass is 32.1. The number of benzene rings is 2. The summed E-state index contributed by atoms with van der Waals surface area (Å²) in [5, 5.41) is 5.12. The highest BCUT2D eigenvalue weighted by Gasteiger charge is 2.30. The van der Waals surface area contributed by atoms with Crippen LogP contribution in [0.1, 0.15) is 48.3 Å². The van der Waals surface area contributed by atoms with Crippen LogP contribution in [0.4, 0.5) is 25.8 Å². The number of thiophene rings is 1. The van der Waals surface area contributed by atoms with E-state index in [-0.39, 0.29) is 11.1 Å². The summed E-state index contributed by atoms with van der Waals surface area (Å²) in [5.41, 5.74) is 11.2. The lowest BCUT2D eigenvalue weighted by Gasteiger charge is -2.39. The molecule has 2 aromatic carbocycles. The van der Waals surface area contributed by atoms with Gasteiger partial charge in [-0.25, -0.2) is 8.78 Å². The first-order valence-corrected chi connectivity index (χ1v) is 13.9. The Labute approximate surface area is 226 Å². The Morgan fingerprint density at radius 2 is 1.79 bits per heavy atom. The average molecular weight is 537 g/mol. The van der Waals surface area contributed by atoms with E-state index in [4.69, 9.17) is 5.73 Å². The van der Waals surface area contributed by atoms with E-state index in [0.29, 0.717) is 5.56 Å². The zero-order valence-electron chi connectivity index (χ0n) is 21.9. The minimum atomic E-state index is -0.598. The number of rotatable bonds is 7. The molecule has 3 aromatic rings. The Kier molecular flexibility index (Phi) is 7.54. The van der Waals surface area contributed by atoms with Crippen LogP contribution in [-0.4, -0.2) is 43.5 Å². The third kappa shape index (κ3) is 6.08. The number of anilines is 3. The van der Waals surface area contributed by atoms with Crippen molar-refractivity contribution < 1.29 is 13.6 Å². The van der Waals surface area contributed by atoms with Gasteiger partial charge in [0.25, 0.3) is 0 Å². The van der Waals surface area contributed by atoms with Crippen LogP contribution in [0.5, 0.6) is 0 Å². The molecule has 0 bridgehead atoms. The van der Waals surface area contributed by atoms with Crippen molar-refractivity contribution in [2.45, 2.75) is 33.1 Å². The van der Waals surface area contributed by atoms with Gasteiger partial charge < -0.3 is 16.0 Å². The molecule has 200 valence electrons. The first kappa shape index (κ1) is 26.4. The number of hydrogen-bond acceptors (Lipinski definition) is 5. The van der Waals surface area contributed by atoms with Crippen LogP contribution in [0.3, 0.4) is 0 Å². The quantitative estimate of drug-likeness (QED) is 0.355. The van der Waals surface area contributed by atoms with Gasteiger partial charge in [0.15, 0.2) is 0 Å². The average Bonchev–Trinajstić information content (AvgIpc) is 3.36. The van der Waals surface area contributed by atoms with E-state index in [1.807, 2.05) is 17.5 Å².